The maximum absolute atomic E-state index is 11.9. The summed E-state index contributed by atoms with van der Waals surface area (Å²) in [6, 6.07) is 7.03. The molecule has 2 rings (SSSR count). The molecule has 21 heavy (non-hydrogen) atoms. The zero-order chi connectivity index (χ0) is 14.5. The van der Waals surface area contributed by atoms with Gasteiger partial charge in [-0.3, -0.25) is 4.79 Å². The van der Waals surface area contributed by atoms with E-state index < -0.39 is 6.04 Å². The molecule has 0 bridgehead atoms. The van der Waals surface area contributed by atoms with Gasteiger partial charge in [0, 0.05) is 5.69 Å². The lowest BCUT2D eigenvalue weighted by Crippen LogP contribution is -2.39. The summed E-state index contributed by atoms with van der Waals surface area (Å²) in [5.74, 6) is 0.840. The SMILES string of the molecule is CC(C)[C@@H](N)C(=O)Nc1ccc(OC2CCCC2)cc1.Cl. The Hall–Kier alpha value is -1.26. The first-order valence-electron chi connectivity index (χ1n) is 7.39. The molecule has 1 fully saturated rings. The number of anilines is 1. The van der Waals surface area contributed by atoms with E-state index in [9.17, 15) is 4.79 Å². The molecule has 1 saturated carbocycles. The number of amides is 1. The molecule has 0 saturated heterocycles. The van der Waals surface area contributed by atoms with E-state index in [1.165, 1.54) is 12.8 Å². The van der Waals surface area contributed by atoms with Crippen LogP contribution in [-0.2, 0) is 4.79 Å². The highest BCUT2D eigenvalue weighted by Crippen LogP contribution is 2.25. The molecule has 1 aliphatic rings. The second-order valence-electron chi connectivity index (χ2n) is 5.81. The molecule has 1 atom stereocenters. The first-order chi connectivity index (χ1) is 9.56. The molecule has 4 nitrogen and oxygen atoms in total. The minimum absolute atomic E-state index is 0. The maximum atomic E-state index is 11.9. The van der Waals surface area contributed by atoms with Gasteiger partial charge in [0.2, 0.25) is 5.91 Å². The van der Waals surface area contributed by atoms with Crippen LogP contribution in [0.1, 0.15) is 39.5 Å². The van der Waals surface area contributed by atoms with Crippen molar-refractivity contribution in [3.05, 3.63) is 24.3 Å². The van der Waals surface area contributed by atoms with Crippen LogP contribution in [0.25, 0.3) is 0 Å². The van der Waals surface area contributed by atoms with E-state index in [0.29, 0.717) is 6.10 Å². The smallest absolute Gasteiger partial charge is 0.241 e. The van der Waals surface area contributed by atoms with Gasteiger partial charge in [-0.15, -0.1) is 12.4 Å². The van der Waals surface area contributed by atoms with Crippen molar-refractivity contribution in [2.75, 3.05) is 5.32 Å². The fraction of sp³-hybridized carbons (Fsp3) is 0.562. The number of ether oxygens (including phenoxy) is 1. The lowest BCUT2D eigenvalue weighted by Gasteiger charge is -2.16. The molecule has 1 aromatic carbocycles. The van der Waals surface area contributed by atoms with Gasteiger partial charge < -0.3 is 15.8 Å². The standard InChI is InChI=1S/C16H24N2O2.ClH/c1-11(2)15(17)16(19)18-12-7-9-14(10-8-12)20-13-5-3-4-6-13;/h7-11,13,15H,3-6,17H2,1-2H3,(H,18,19);1H/t15-;/m1./s1. The Bertz CT molecular complexity index is 442. The van der Waals surface area contributed by atoms with Gasteiger partial charge in [0.25, 0.3) is 0 Å². The number of hydrogen-bond donors (Lipinski definition) is 2. The average molecular weight is 313 g/mol. The number of carbonyl (C=O) groups excluding carboxylic acids is 1. The van der Waals surface area contributed by atoms with Crippen LogP contribution in [0.4, 0.5) is 5.69 Å². The van der Waals surface area contributed by atoms with Crippen LogP contribution in [0.5, 0.6) is 5.75 Å². The van der Waals surface area contributed by atoms with E-state index >= 15 is 0 Å². The molecule has 0 spiro atoms. The molecule has 5 heteroatoms. The molecule has 3 N–H and O–H groups in total. The molecular weight excluding hydrogens is 288 g/mol. The second-order valence-corrected chi connectivity index (χ2v) is 5.81. The van der Waals surface area contributed by atoms with E-state index in [4.69, 9.17) is 10.5 Å². The number of halogens is 1. The van der Waals surface area contributed by atoms with Crippen LogP contribution < -0.4 is 15.8 Å². The molecule has 1 aromatic rings. The Balaban J connectivity index is 0.00000220. The zero-order valence-electron chi connectivity index (χ0n) is 12.7. The van der Waals surface area contributed by atoms with Crippen molar-refractivity contribution in [2.24, 2.45) is 11.7 Å². The first-order valence-corrected chi connectivity index (χ1v) is 7.39. The van der Waals surface area contributed by atoms with Crippen molar-refractivity contribution in [1.29, 1.82) is 0 Å². The monoisotopic (exact) mass is 312 g/mol. The van der Waals surface area contributed by atoms with Gasteiger partial charge in [-0.05, 0) is 55.9 Å². The topological polar surface area (TPSA) is 64.4 Å². The summed E-state index contributed by atoms with van der Waals surface area (Å²) in [7, 11) is 0. The third kappa shape index (κ3) is 5.21. The minimum atomic E-state index is -0.482. The van der Waals surface area contributed by atoms with Gasteiger partial charge in [0.1, 0.15) is 5.75 Å². The normalized spacial score (nSPS) is 16.4. The third-order valence-electron chi connectivity index (χ3n) is 3.75. The summed E-state index contributed by atoms with van der Waals surface area (Å²) >= 11 is 0. The Morgan fingerprint density at radius 2 is 1.81 bits per heavy atom. The Labute approximate surface area is 132 Å². The summed E-state index contributed by atoms with van der Waals surface area (Å²) in [5, 5.41) is 2.82. The van der Waals surface area contributed by atoms with Crippen molar-refractivity contribution in [1.82, 2.24) is 0 Å². The quantitative estimate of drug-likeness (QED) is 0.876. The molecule has 0 radical (unpaired) electrons. The first kappa shape index (κ1) is 17.8. The van der Waals surface area contributed by atoms with Crippen molar-refractivity contribution in [3.63, 3.8) is 0 Å². The Morgan fingerprint density at radius 3 is 2.33 bits per heavy atom. The van der Waals surface area contributed by atoms with Gasteiger partial charge >= 0.3 is 0 Å². The fourth-order valence-electron chi connectivity index (χ4n) is 2.34. The van der Waals surface area contributed by atoms with Gasteiger partial charge in [0.15, 0.2) is 0 Å². The molecule has 118 valence electrons. The van der Waals surface area contributed by atoms with Gasteiger partial charge in [-0.2, -0.15) is 0 Å². The molecule has 1 amide bonds. The highest BCUT2D eigenvalue weighted by Gasteiger charge is 2.18. The summed E-state index contributed by atoms with van der Waals surface area (Å²) < 4.78 is 5.88. The van der Waals surface area contributed by atoms with Crippen LogP contribution in [-0.4, -0.2) is 18.1 Å². The molecule has 0 unspecified atom stereocenters. The fourth-order valence-corrected chi connectivity index (χ4v) is 2.34. The second kappa shape index (κ2) is 8.25. The van der Waals surface area contributed by atoms with Gasteiger partial charge in [-0.25, -0.2) is 0 Å². The third-order valence-corrected chi connectivity index (χ3v) is 3.75. The van der Waals surface area contributed by atoms with Crippen LogP contribution in [0.3, 0.4) is 0 Å². The van der Waals surface area contributed by atoms with Crippen molar-refractivity contribution >= 4 is 24.0 Å². The predicted octanol–water partition coefficient (Wildman–Crippen LogP) is 3.35. The van der Waals surface area contributed by atoms with Crippen LogP contribution >= 0.6 is 12.4 Å². The molecule has 0 aromatic heterocycles. The predicted molar refractivity (Wildman–Crippen MR) is 88.0 cm³/mol. The van der Waals surface area contributed by atoms with E-state index in [1.54, 1.807) is 0 Å². The highest BCUT2D eigenvalue weighted by molar-refractivity contribution is 5.94. The lowest BCUT2D eigenvalue weighted by atomic mass is 10.1. The summed E-state index contributed by atoms with van der Waals surface area (Å²) in [6.07, 6.45) is 5.14. The summed E-state index contributed by atoms with van der Waals surface area (Å²) in [4.78, 5) is 11.9. The number of hydrogen-bond acceptors (Lipinski definition) is 3. The Kier molecular flexibility index (Phi) is 6.99. The average Bonchev–Trinajstić information content (AvgIpc) is 2.92. The highest BCUT2D eigenvalue weighted by atomic mass is 35.5. The molecule has 1 aliphatic carbocycles. The van der Waals surface area contributed by atoms with Gasteiger partial charge in [-0.1, -0.05) is 13.8 Å². The summed E-state index contributed by atoms with van der Waals surface area (Å²) in [6.45, 7) is 3.87. The number of nitrogens with two attached hydrogens (primary N) is 1. The Morgan fingerprint density at radius 1 is 1.24 bits per heavy atom. The van der Waals surface area contributed by atoms with Crippen molar-refractivity contribution in [3.8, 4) is 5.75 Å². The minimum Gasteiger partial charge on any atom is -0.490 e. The molecular formula is C16H25ClN2O2. The van der Waals surface area contributed by atoms with Crippen LogP contribution in [0.2, 0.25) is 0 Å². The van der Waals surface area contributed by atoms with E-state index in [1.807, 2.05) is 38.1 Å². The van der Waals surface area contributed by atoms with E-state index in [-0.39, 0.29) is 24.2 Å². The summed E-state index contributed by atoms with van der Waals surface area (Å²) in [5.41, 5.74) is 6.56. The number of carbonyl (C=O) groups is 1. The number of benzene rings is 1. The van der Waals surface area contributed by atoms with Gasteiger partial charge in [0.05, 0.1) is 12.1 Å². The molecule has 0 aliphatic heterocycles. The zero-order valence-corrected chi connectivity index (χ0v) is 13.5. The number of rotatable bonds is 5. The van der Waals surface area contributed by atoms with Crippen molar-refractivity contribution < 1.29 is 9.53 Å². The van der Waals surface area contributed by atoms with E-state index in [0.717, 1.165) is 24.3 Å². The lowest BCUT2D eigenvalue weighted by molar-refractivity contribution is -0.118. The van der Waals surface area contributed by atoms with Crippen LogP contribution in [0.15, 0.2) is 24.3 Å². The number of nitrogens with one attached hydrogen (secondary N) is 1. The molecule has 0 heterocycles. The van der Waals surface area contributed by atoms with E-state index in [2.05, 4.69) is 5.32 Å². The van der Waals surface area contributed by atoms with Crippen molar-refractivity contribution in [2.45, 2.75) is 51.7 Å². The van der Waals surface area contributed by atoms with Crippen LogP contribution in [0, 0.1) is 5.92 Å². The maximum Gasteiger partial charge on any atom is 0.241 e. The largest absolute Gasteiger partial charge is 0.490 e.